The summed E-state index contributed by atoms with van der Waals surface area (Å²) in [4.78, 5) is 0. The number of benzene rings is 1. The largest absolute Gasteiger partial charge is 0.242 e. The van der Waals surface area contributed by atoms with Gasteiger partial charge in [-0.25, -0.2) is 4.39 Å². The van der Waals surface area contributed by atoms with Crippen molar-refractivity contribution >= 4 is 0 Å². The van der Waals surface area contributed by atoms with Crippen molar-refractivity contribution in [1.29, 1.82) is 0 Å². The molecule has 0 saturated heterocycles. The maximum atomic E-state index is 13.6. The molecule has 1 aromatic carbocycles. The highest BCUT2D eigenvalue weighted by Crippen LogP contribution is 2.35. The molecule has 0 aliphatic heterocycles. The lowest BCUT2D eigenvalue weighted by Crippen LogP contribution is -2.13. The molecule has 0 spiro atoms. The molecule has 2 rings (SSSR count). The molecule has 0 heterocycles. The fraction of sp³-hybridized carbons (Fsp3) is 0.500. The minimum absolute atomic E-state index is 0.491. The normalized spacial score (nSPS) is 27.0. The first-order chi connectivity index (χ1) is 6.16. The van der Waals surface area contributed by atoms with Crippen LogP contribution in [0, 0.1) is 12.8 Å². The maximum absolute atomic E-state index is 13.6. The number of alkyl halides is 1. The molecule has 2 atom stereocenters. The van der Waals surface area contributed by atoms with E-state index in [0.717, 1.165) is 17.5 Å². The first kappa shape index (κ1) is 8.74. The Labute approximate surface area is 78.8 Å². The van der Waals surface area contributed by atoms with Crippen LogP contribution in [0.1, 0.15) is 36.2 Å². The molecule has 13 heavy (non-hydrogen) atoms. The van der Waals surface area contributed by atoms with E-state index in [4.69, 9.17) is 0 Å². The summed E-state index contributed by atoms with van der Waals surface area (Å²) in [6.45, 7) is 4.14. The smallest absolute Gasteiger partial charge is 0.126 e. The third-order valence-corrected chi connectivity index (χ3v) is 2.82. The van der Waals surface area contributed by atoms with E-state index in [1.165, 1.54) is 5.56 Å². The minimum Gasteiger partial charge on any atom is -0.242 e. The van der Waals surface area contributed by atoms with Crippen LogP contribution in [0.4, 0.5) is 4.39 Å². The standard InChI is InChI=1S/C12H15F/c1-8-3-4-10-5-9(2)7-12(13)11(10)6-8/h3-4,6,9,12H,5,7H2,1-2H3. The van der Waals surface area contributed by atoms with Gasteiger partial charge in [0.05, 0.1) is 0 Å². The molecular formula is C12H15F. The Bertz CT molecular complexity index is 317. The Hall–Kier alpha value is -0.850. The third kappa shape index (κ3) is 1.60. The van der Waals surface area contributed by atoms with E-state index < -0.39 is 6.17 Å². The Kier molecular flexibility index (Phi) is 2.10. The lowest BCUT2D eigenvalue weighted by molar-refractivity contribution is 0.261. The van der Waals surface area contributed by atoms with Crippen LogP contribution in [0.3, 0.4) is 0 Å². The van der Waals surface area contributed by atoms with E-state index >= 15 is 0 Å². The average Bonchev–Trinajstić information content (AvgIpc) is 2.06. The summed E-state index contributed by atoms with van der Waals surface area (Å²) in [6.07, 6.45) is 0.991. The van der Waals surface area contributed by atoms with Crippen molar-refractivity contribution in [2.45, 2.75) is 32.9 Å². The van der Waals surface area contributed by atoms with Gasteiger partial charge in [-0.1, -0.05) is 30.7 Å². The van der Waals surface area contributed by atoms with Gasteiger partial charge < -0.3 is 0 Å². The van der Waals surface area contributed by atoms with Gasteiger partial charge in [-0.15, -0.1) is 0 Å². The van der Waals surface area contributed by atoms with Crippen molar-refractivity contribution in [3.8, 4) is 0 Å². The monoisotopic (exact) mass is 178 g/mol. The van der Waals surface area contributed by atoms with Crippen molar-refractivity contribution < 1.29 is 4.39 Å². The van der Waals surface area contributed by atoms with E-state index in [1.54, 1.807) is 0 Å². The minimum atomic E-state index is -0.737. The number of hydrogen-bond donors (Lipinski definition) is 0. The summed E-state index contributed by atoms with van der Waals surface area (Å²) in [6, 6.07) is 6.14. The van der Waals surface area contributed by atoms with Crippen molar-refractivity contribution in [2.24, 2.45) is 5.92 Å². The second-order valence-corrected chi connectivity index (χ2v) is 4.21. The van der Waals surface area contributed by atoms with Gasteiger partial charge in [-0.2, -0.15) is 0 Å². The number of halogens is 1. The van der Waals surface area contributed by atoms with Crippen LogP contribution >= 0.6 is 0 Å². The van der Waals surface area contributed by atoms with E-state index in [2.05, 4.69) is 19.1 Å². The highest BCUT2D eigenvalue weighted by molar-refractivity contribution is 5.35. The molecule has 1 aliphatic rings. The number of fused-ring (bicyclic) bond motifs is 1. The second kappa shape index (κ2) is 3.13. The van der Waals surface area contributed by atoms with Gasteiger partial charge in [0.1, 0.15) is 6.17 Å². The molecule has 70 valence electrons. The zero-order valence-electron chi connectivity index (χ0n) is 8.18. The van der Waals surface area contributed by atoms with Gasteiger partial charge in [-0.3, -0.25) is 0 Å². The summed E-state index contributed by atoms with van der Waals surface area (Å²) < 4.78 is 13.6. The van der Waals surface area contributed by atoms with Crippen LogP contribution in [-0.4, -0.2) is 0 Å². The van der Waals surface area contributed by atoms with Crippen molar-refractivity contribution in [2.75, 3.05) is 0 Å². The first-order valence-electron chi connectivity index (χ1n) is 4.90. The van der Waals surface area contributed by atoms with Crippen LogP contribution in [0.2, 0.25) is 0 Å². The molecule has 0 aromatic heterocycles. The quantitative estimate of drug-likeness (QED) is 0.569. The fourth-order valence-corrected chi connectivity index (χ4v) is 2.13. The van der Waals surface area contributed by atoms with E-state index in [9.17, 15) is 4.39 Å². The molecule has 0 amide bonds. The molecule has 0 N–H and O–H groups in total. The van der Waals surface area contributed by atoms with Crippen LogP contribution in [-0.2, 0) is 6.42 Å². The zero-order valence-corrected chi connectivity index (χ0v) is 8.18. The van der Waals surface area contributed by atoms with E-state index in [1.807, 2.05) is 13.0 Å². The highest BCUT2D eigenvalue weighted by Gasteiger charge is 2.23. The lowest BCUT2D eigenvalue weighted by atomic mass is 9.83. The number of rotatable bonds is 0. The van der Waals surface area contributed by atoms with E-state index in [0.29, 0.717) is 12.3 Å². The van der Waals surface area contributed by atoms with Crippen molar-refractivity contribution in [3.63, 3.8) is 0 Å². The summed E-state index contributed by atoms with van der Waals surface area (Å²) in [5.41, 5.74) is 3.30. The molecule has 0 bridgehead atoms. The molecule has 2 unspecified atom stereocenters. The summed E-state index contributed by atoms with van der Waals surface area (Å²) in [5, 5.41) is 0. The lowest BCUT2D eigenvalue weighted by Gasteiger charge is -2.24. The predicted molar refractivity (Wildman–Crippen MR) is 52.5 cm³/mol. The predicted octanol–water partition coefficient (Wildman–Crippen LogP) is 3.59. The Balaban J connectivity index is 2.43. The summed E-state index contributed by atoms with van der Waals surface area (Å²) in [5.74, 6) is 0.491. The first-order valence-corrected chi connectivity index (χ1v) is 4.90. The van der Waals surface area contributed by atoms with Gasteiger partial charge in [0.2, 0.25) is 0 Å². The van der Waals surface area contributed by atoms with Crippen molar-refractivity contribution in [3.05, 3.63) is 34.9 Å². The van der Waals surface area contributed by atoms with Crippen LogP contribution in [0.15, 0.2) is 18.2 Å². The summed E-state index contributed by atoms with van der Waals surface area (Å²) >= 11 is 0. The molecule has 1 aromatic rings. The van der Waals surface area contributed by atoms with Crippen molar-refractivity contribution in [1.82, 2.24) is 0 Å². The zero-order chi connectivity index (χ0) is 9.42. The molecule has 0 saturated carbocycles. The van der Waals surface area contributed by atoms with Crippen LogP contribution in [0.25, 0.3) is 0 Å². The molecule has 1 aliphatic carbocycles. The SMILES string of the molecule is Cc1ccc2c(c1)C(F)CC(C)C2. The van der Waals surface area contributed by atoms with Gasteiger partial charge in [0.15, 0.2) is 0 Å². The Morgan fingerprint density at radius 3 is 2.92 bits per heavy atom. The topological polar surface area (TPSA) is 0 Å². The van der Waals surface area contributed by atoms with Crippen LogP contribution in [0.5, 0.6) is 0 Å². The average molecular weight is 178 g/mol. The van der Waals surface area contributed by atoms with Gasteiger partial charge in [0.25, 0.3) is 0 Å². The second-order valence-electron chi connectivity index (χ2n) is 4.21. The summed E-state index contributed by atoms with van der Waals surface area (Å²) in [7, 11) is 0. The van der Waals surface area contributed by atoms with Gasteiger partial charge in [0, 0.05) is 0 Å². The Morgan fingerprint density at radius 2 is 2.15 bits per heavy atom. The molecule has 0 fully saturated rings. The van der Waals surface area contributed by atoms with Gasteiger partial charge >= 0.3 is 0 Å². The highest BCUT2D eigenvalue weighted by atomic mass is 19.1. The molecular weight excluding hydrogens is 163 g/mol. The molecule has 0 nitrogen and oxygen atoms in total. The number of hydrogen-bond acceptors (Lipinski definition) is 0. The van der Waals surface area contributed by atoms with Gasteiger partial charge in [-0.05, 0) is 36.8 Å². The van der Waals surface area contributed by atoms with Crippen LogP contribution < -0.4 is 0 Å². The van der Waals surface area contributed by atoms with E-state index in [-0.39, 0.29) is 0 Å². The fourth-order valence-electron chi connectivity index (χ4n) is 2.13. The third-order valence-electron chi connectivity index (χ3n) is 2.82. The maximum Gasteiger partial charge on any atom is 0.126 e. The molecule has 0 radical (unpaired) electrons. The number of aryl methyl sites for hydroxylation is 1. The molecule has 1 heteroatoms. The Morgan fingerprint density at radius 1 is 1.38 bits per heavy atom.